The summed E-state index contributed by atoms with van der Waals surface area (Å²) in [4.78, 5) is 13.4. The van der Waals surface area contributed by atoms with E-state index in [2.05, 4.69) is 38.9 Å². The van der Waals surface area contributed by atoms with E-state index in [1.807, 2.05) is 12.1 Å². The molecule has 0 aliphatic heterocycles. The van der Waals surface area contributed by atoms with Crippen molar-refractivity contribution in [3.05, 3.63) is 34.1 Å². The van der Waals surface area contributed by atoms with Crippen LogP contribution in [0.5, 0.6) is 0 Å². The van der Waals surface area contributed by atoms with Crippen molar-refractivity contribution in [1.82, 2.24) is 15.0 Å². The number of anilines is 1. The van der Waals surface area contributed by atoms with Crippen molar-refractivity contribution in [2.75, 3.05) is 5.73 Å². The summed E-state index contributed by atoms with van der Waals surface area (Å²) in [6.45, 7) is 2.06. The van der Waals surface area contributed by atoms with Crippen LogP contribution >= 0.6 is 15.9 Å². The number of nitrogen functional groups attached to an aromatic ring is 1. The summed E-state index contributed by atoms with van der Waals surface area (Å²) in [5.41, 5.74) is 8.06. The maximum atomic E-state index is 5.91. The van der Waals surface area contributed by atoms with Gasteiger partial charge in [-0.3, -0.25) is 0 Å². The largest absolute Gasteiger partial charge is 0.368 e. The molecule has 3 rings (SSSR count). The lowest BCUT2D eigenvalue weighted by Gasteiger charge is -2.20. The predicted molar refractivity (Wildman–Crippen MR) is 87.9 cm³/mol. The number of aromatic nitrogens is 3. The SMILES string of the molecule is Cc1cc(Br)ccc1-c1nc(N)nc(C2CCCCC2)n1. The van der Waals surface area contributed by atoms with Gasteiger partial charge < -0.3 is 5.73 Å². The lowest BCUT2D eigenvalue weighted by molar-refractivity contribution is 0.428. The highest BCUT2D eigenvalue weighted by Crippen LogP contribution is 2.32. The Kier molecular flexibility index (Phi) is 4.19. The molecule has 5 heteroatoms. The fourth-order valence-corrected chi connectivity index (χ4v) is 3.43. The van der Waals surface area contributed by atoms with Crippen LogP contribution in [0.1, 0.15) is 49.4 Å². The molecule has 110 valence electrons. The average molecular weight is 347 g/mol. The summed E-state index contributed by atoms with van der Waals surface area (Å²) >= 11 is 3.48. The summed E-state index contributed by atoms with van der Waals surface area (Å²) < 4.78 is 1.05. The van der Waals surface area contributed by atoms with Gasteiger partial charge in [0.1, 0.15) is 5.82 Å². The standard InChI is InChI=1S/C16H19BrN4/c1-10-9-12(17)7-8-13(10)15-19-14(20-16(18)21-15)11-5-3-2-4-6-11/h7-9,11H,2-6H2,1H3,(H2,18,19,20,21). The second-order valence-corrected chi connectivity index (χ2v) is 6.59. The van der Waals surface area contributed by atoms with Gasteiger partial charge in [-0.1, -0.05) is 35.2 Å². The van der Waals surface area contributed by atoms with Crippen molar-refractivity contribution in [3.8, 4) is 11.4 Å². The number of aryl methyl sites for hydroxylation is 1. The van der Waals surface area contributed by atoms with E-state index < -0.39 is 0 Å². The minimum atomic E-state index is 0.322. The van der Waals surface area contributed by atoms with Crippen LogP contribution in [0.15, 0.2) is 22.7 Å². The van der Waals surface area contributed by atoms with Gasteiger partial charge in [-0.05, 0) is 43.5 Å². The summed E-state index contributed by atoms with van der Waals surface area (Å²) in [6, 6.07) is 6.09. The van der Waals surface area contributed by atoms with E-state index in [0.717, 1.165) is 34.3 Å². The summed E-state index contributed by atoms with van der Waals surface area (Å²) in [6.07, 6.45) is 6.13. The van der Waals surface area contributed by atoms with Crippen molar-refractivity contribution in [3.63, 3.8) is 0 Å². The van der Waals surface area contributed by atoms with Crippen molar-refractivity contribution in [1.29, 1.82) is 0 Å². The zero-order valence-electron chi connectivity index (χ0n) is 12.1. The summed E-state index contributed by atoms with van der Waals surface area (Å²) in [5, 5.41) is 0. The van der Waals surface area contributed by atoms with Crippen LogP contribution in [-0.2, 0) is 0 Å². The molecule has 2 aromatic rings. The number of benzene rings is 1. The first-order valence-electron chi connectivity index (χ1n) is 7.41. The molecule has 0 saturated heterocycles. The van der Waals surface area contributed by atoms with Crippen LogP contribution in [0.25, 0.3) is 11.4 Å². The molecule has 1 heterocycles. The van der Waals surface area contributed by atoms with Gasteiger partial charge in [0.15, 0.2) is 5.82 Å². The van der Waals surface area contributed by atoms with Gasteiger partial charge in [0.2, 0.25) is 5.95 Å². The van der Waals surface area contributed by atoms with Crippen molar-refractivity contribution >= 4 is 21.9 Å². The molecule has 2 N–H and O–H groups in total. The first-order valence-corrected chi connectivity index (χ1v) is 8.21. The van der Waals surface area contributed by atoms with Crippen LogP contribution in [0, 0.1) is 6.92 Å². The highest BCUT2D eigenvalue weighted by atomic mass is 79.9. The molecule has 1 aliphatic carbocycles. The van der Waals surface area contributed by atoms with E-state index in [4.69, 9.17) is 10.7 Å². The summed E-state index contributed by atoms with van der Waals surface area (Å²) in [7, 11) is 0. The van der Waals surface area contributed by atoms with Crippen LogP contribution < -0.4 is 5.73 Å². The van der Waals surface area contributed by atoms with E-state index in [1.54, 1.807) is 0 Å². The topological polar surface area (TPSA) is 64.7 Å². The van der Waals surface area contributed by atoms with Gasteiger partial charge in [-0.25, -0.2) is 4.98 Å². The third-order valence-corrected chi connectivity index (χ3v) is 4.56. The molecule has 0 bridgehead atoms. The molecular weight excluding hydrogens is 328 g/mol. The van der Waals surface area contributed by atoms with Crippen LogP contribution in [0.4, 0.5) is 5.95 Å². The Balaban J connectivity index is 2.00. The molecule has 21 heavy (non-hydrogen) atoms. The maximum absolute atomic E-state index is 5.91. The monoisotopic (exact) mass is 346 g/mol. The van der Waals surface area contributed by atoms with Gasteiger partial charge in [-0.15, -0.1) is 0 Å². The normalized spacial score (nSPS) is 16.1. The van der Waals surface area contributed by atoms with Gasteiger partial charge in [-0.2, -0.15) is 9.97 Å². The second-order valence-electron chi connectivity index (χ2n) is 5.67. The van der Waals surface area contributed by atoms with Gasteiger partial charge in [0.05, 0.1) is 0 Å². The van der Waals surface area contributed by atoms with Crippen LogP contribution in [0.2, 0.25) is 0 Å². The van der Waals surface area contributed by atoms with Crippen LogP contribution in [0.3, 0.4) is 0 Å². The minimum Gasteiger partial charge on any atom is -0.368 e. The highest BCUT2D eigenvalue weighted by Gasteiger charge is 2.20. The third-order valence-electron chi connectivity index (χ3n) is 4.07. The number of nitrogens with two attached hydrogens (primary N) is 1. The zero-order chi connectivity index (χ0) is 14.8. The molecule has 1 aliphatic rings. The second kappa shape index (κ2) is 6.10. The Bertz CT molecular complexity index is 651. The Morgan fingerprint density at radius 3 is 2.57 bits per heavy atom. The number of nitrogens with zero attached hydrogens (tertiary/aromatic N) is 3. The lowest BCUT2D eigenvalue weighted by atomic mass is 9.89. The third kappa shape index (κ3) is 3.23. The Hall–Kier alpha value is -1.49. The molecule has 1 fully saturated rings. The molecule has 0 atom stereocenters. The van der Waals surface area contributed by atoms with E-state index in [-0.39, 0.29) is 0 Å². The fraction of sp³-hybridized carbons (Fsp3) is 0.438. The van der Waals surface area contributed by atoms with E-state index in [1.165, 1.54) is 19.3 Å². The number of rotatable bonds is 2. The Morgan fingerprint density at radius 1 is 1.10 bits per heavy atom. The van der Waals surface area contributed by atoms with Crippen molar-refractivity contribution < 1.29 is 0 Å². The molecule has 0 radical (unpaired) electrons. The van der Waals surface area contributed by atoms with Gasteiger partial charge in [0.25, 0.3) is 0 Å². The van der Waals surface area contributed by atoms with Gasteiger partial charge in [0, 0.05) is 16.0 Å². The summed E-state index contributed by atoms with van der Waals surface area (Å²) in [5.74, 6) is 2.30. The molecule has 0 spiro atoms. The highest BCUT2D eigenvalue weighted by molar-refractivity contribution is 9.10. The van der Waals surface area contributed by atoms with Crippen molar-refractivity contribution in [2.45, 2.75) is 44.9 Å². The van der Waals surface area contributed by atoms with Gasteiger partial charge >= 0.3 is 0 Å². The first-order chi connectivity index (χ1) is 10.1. The molecule has 1 aromatic carbocycles. The van der Waals surface area contributed by atoms with E-state index >= 15 is 0 Å². The molecule has 4 nitrogen and oxygen atoms in total. The molecule has 1 aromatic heterocycles. The number of hydrogen-bond donors (Lipinski definition) is 1. The molecule has 0 amide bonds. The number of halogens is 1. The fourth-order valence-electron chi connectivity index (χ4n) is 2.95. The maximum Gasteiger partial charge on any atom is 0.223 e. The van der Waals surface area contributed by atoms with E-state index in [9.17, 15) is 0 Å². The van der Waals surface area contributed by atoms with Crippen molar-refractivity contribution in [2.24, 2.45) is 0 Å². The minimum absolute atomic E-state index is 0.322. The molecule has 1 saturated carbocycles. The Labute approximate surface area is 133 Å². The molecular formula is C16H19BrN4. The Morgan fingerprint density at radius 2 is 1.86 bits per heavy atom. The lowest BCUT2D eigenvalue weighted by Crippen LogP contribution is -2.12. The number of hydrogen-bond acceptors (Lipinski definition) is 4. The van der Waals surface area contributed by atoms with E-state index in [0.29, 0.717) is 17.7 Å². The zero-order valence-corrected chi connectivity index (χ0v) is 13.7. The van der Waals surface area contributed by atoms with Crippen LogP contribution in [-0.4, -0.2) is 15.0 Å². The average Bonchev–Trinajstić information content (AvgIpc) is 2.47. The first kappa shape index (κ1) is 14.4. The quantitative estimate of drug-likeness (QED) is 0.883. The predicted octanol–water partition coefficient (Wildman–Crippen LogP) is 4.24. The molecule has 0 unspecified atom stereocenters. The smallest absolute Gasteiger partial charge is 0.223 e.